The summed E-state index contributed by atoms with van der Waals surface area (Å²) in [5.74, 6) is 0. The van der Waals surface area contributed by atoms with Crippen molar-refractivity contribution in [1.29, 1.82) is 0 Å². The van der Waals surface area contributed by atoms with E-state index >= 15 is 0 Å². The first-order valence-electron chi connectivity index (χ1n) is 5.53. The molecule has 0 aliphatic carbocycles. The van der Waals surface area contributed by atoms with Crippen molar-refractivity contribution in [2.45, 2.75) is 23.8 Å². The van der Waals surface area contributed by atoms with E-state index < -0.39 is 10.0 Å². The summed E-state index contributed by atoms with van der Waals surface area (Å²) in [6, 6.07) is 6.72. The molecule has 0 spiro atoms. The fraction of sp³-hybridized carbons (Fsp3) is 0.455. The molecule has 1 heterocycles. The maximum Gasteiger partial charge on any atom is 0.243 e. The number of hydrogen-bond donors (Lipinski definition) is 1. The Labute approximate surface area is 110 Å². The SMILES string of the molecule is NC[C@@H]1CCCN1S(=O)(=O)c1cccc(Br)c1. The first-order valence-corrected chi connectivity index (χ1v) is 7.76. The third-order valence-electron chi connectivity index (χ3n) is 3.00. The highest BCUT2D eigenvalue weighted by Crippen LogP contribution is 2.26. The van der Waals surface area contributed by atoms with Gasteiger partial charge in [0.15, 0.2) is 0 Å². The monoisotopic (exact) mass is 318 g/mol. The van der Waals surface area contributed by atoms with Crippen LogP contribution in [0.3, 0.4) is 0 Å². The minimum absolute atomic E-state index is 0.0565. The Kier molecular flexibility index (Phi) is 3.87. The summed E-state index contributed by atoms with van der Waals surface area (Å²) in [4.78, 5) is 0.326. The summed E-state index contributed by atoms with van der Waals surface area (Å²) in [6.07, 6.45) is 1.73. The third-order valence-corrected chi connectivity index (χ3v) is 5.44. The maximum atomic E-state index is 12.4. The van der Waals surface area contributed by atoms with Gasteiger partial charge in [-0.3, -0.25) is 0 Å². The second-order valence-electron chi connectivity index (χ2n) is 4.10. The van der Waals surface area contributed by atoms with E-state index in [0.717, 1.165) is 17.3 Å². The number of halogens is 1. The molecule has 1 atom stereocenters. The molecule has 2 N–H and O–H groups in total. The van der Waals surface area contributed by atoms with E-state index in [1.165, 1.54) is 4.31 Å². The van der Waals surface area contributed by atoms with Crippen molar-refractivity contribution < 1.29 is 8.42 Å². The first kappa shape index (κ1) is 13.0. The van der Waals surface area contributed by atoms with Gasteiger partial charge in [0, 0.05) is 23.6 Å². The Morgan fingerprint density at radius 1 is 1.47 bits per heavy atom. The number of nitrogens with two attached hydrogens (primary N) is 1. The van der Waals surface area contributed by atoms with Crippen molar-refractivity contribution in [3.63, 3.8) is 0 Å². The Bertz CT molecular complexity index is 504. The fourth-order valence-electron chi connectivity index (χ4n) is 2.12. The molecular weight excluding hydrogens is 304 g/mol. The summed E-state index contributed by atoms with van der Waals surface area (Å²) < 4.78 is 27.1. The molecule has 0 saturated carbocycles. The van der Waals surface area contributed by atoms with Crippen molar-refractivity contribution in [3.8, 4) is 0 Å². The van der Waals surface area contributed by atoms with Crippen LogP contribution in [0.15, 0.2) is 33.6 Å². The zero-order valence-corrected chi connectivity index (χ0v) is 11.7. The van der Waals surface area contributed by atoms with E-state index in [4.69, 9.17) is 5.73 Å². The molecule has 1 fully saturated rings. The molecule has 1 saturated heterocycles. The Balaban J connectivity index is 2.36. The van der Waals surface area contributed by atoms with Crippen LogP contribution >= 0.6 is 15.9 Å². The van der Waals surface area contributed by atoms with Crippen LogP contribution < -0.4 is 5.73 Å². The molecule has 0 amide bonds. The lowest BCUT2D eigenvalue weighted by atomic mass is 10.2. The van der Waals surface area contributed by atoms with Gasteiger partial charge in [-0.25, -0.2) is 8.42 Å². The summed E-state index contributed by atoms with van der Waals surface area (Å²) in [5.41, 5.74) is 5.61. The van der Waals surface area contributed by atoms with E-state index in [0.29, 0.717) is 18.0 Å². The lowest BCUT2D eigenvalue weighted by molar-refractivity contribution is 0.393. The van der Waals surface area contributed by atoms with Crippen LogP contribution in [0, 0.1) is 0 Å². The van der Waals surface area contributed by atoms with Crippen LogP contribution in [-0.4, -0.2) is 31.9 Å². The predicted molar refractivity (Wildman–Crippen MR) is 70.1 cm³/mol. The van der Waals surface area contributed by atoms with Gasteiger partial charge in [-0.05, 0) is 31.0 Å². The number of sulfonamides is 1. The average Bonchev–Trinajstić information content (AvgIpc) is 2.77. The summed E-state index contributed by atoms with van der Waals surface area (Å²) in [5, 5.41) is 0. The van der Waals surface area contributed by atoms with Crippen LogP contribution in [0.25, 0.3) is 0 Å². The largest absolute Gasteiger partial charge is 0.329 e. The minimum atomic E-state index is -3.40. The van der Waals surface area contributed by atoms with Gasteiger partial charge in [0.2, 0.25) is 10.0 Å². The molecule has 94 valence electrons. The molecule has 0 bridgehead atoms. The minimum Gasteiger partial charge on any atom is -0.329 e. The van der Waals surface area contributed by atoms with Gasteiger partial charge < -0.3 is 5.73 Å². The number of nitrogens with zero attached hydrogens (tertiary/aromatic N) is 1. The van der Waals surface area contributed by atoms with Gasteiger partial charge in [0.05, 0.1) is 4.90 Å². The molecule has 0 radical (unpaired) electrons. The maximum absolute atomic E-state index is 12.4. The van der Waals surface area contributed by atoms with Gasteiger partial charge in [0.1, 0.15) is 0 Å². The molecule has 17 heavy (non-hydrogen) atoms. The van der Waals surface area contributed by atoms with Crippen molar-refractivity contribution in [3.05, 3.63) is 28.7 Å². The molecule has 1 aliphatic rings. The molecule has 1 aromatic carbocycles. The van der Waals surface area contributed by atoms with E-state index in [1.807, 2.05) is 6.07 Å². The van der Waals surface area contributed by atoms with Gasteiger partial charge in [0.25, 0.3) is 0 Å². The molecule has 0 unspecified atom stereocenters. The number of benzene rings is 1. The quantitative estimate of drug-likeness (QED) is 0.920. The van der Waals surface area contributed by atoms with Crippen LogP contribution in [0.1, 0.15) is 12.8 Å². The van der Waals surface area contributed by atoms with Crippen LogP contribution in [-0.2, 0) is 10.0 Å². The highest BCUT2D eigenvalue weighted by atomic mass is 79.9. The topological polar surface area (TPSA) is 63.4 Å². The molecular formula is C11H15BrN2O2S. The van der Waals surface area contributed by atoms with E-state index in [-0.39, 0.29) is 6.04 Å². The molecule has 1 aliphatic heterocycles. The number of hydrogen-bond acceptors (Lipinski definition) is 3. The molecule has 6 heteroatoms. The van der Waals surface area contributed by atoms with Crippen molar-refractivity contribution in [2.75, 3.05) is 13.1 Å². The summed E-state index contributed by atoms with van der Waals surface area (Å²) in [6.45, 7) is 0.948. The van der Waals surface area contributed by atoms with E-state index in [2.05, 4.69) is 15.9 Å². The summed E-state index contributed by atoms with van der Waals surface area (Å²) >= 11 is 3.29. The Morgan fingerprint density at radius 2 is 2.24 bits per heavy atom. The van der Waals surface area contributed by atoms with Gasteiger partial charge in [-0.1, -0.05) is 22.0 Å². The lowest BCUT2D eigenvalue weighted by Gasteiger charge is -2.22. The lowest BCUT2D eigenvalue weighted by Crippen LogP contribution is -2.39. The zero-order chi connectivity index (χ0) is 12.5. The average molecular weight is 319 g/mol. The molecule has 0 aromatic heterocycles. The Hall–Kier alpha value is -0.430. The smallest absolute Gasteiger partial charge is 0.243 e. The zero-order valence-electron chi connectivity index (χ0n) is 9.34. The highest BCUT2D eigenvalue weighted by molar-refractivity contribution is 9.10. The van der Waals surface area contributed by atoms with Crippen molar-refractivity contribution in [1.82, 2.24) is 4.31 Å². The summed E-state index contributed by atoms with van der Waals surface area (Å²) in [7, 11) is -3.40. The van der Waals surface area contributed by atoms with E-state index in [9.17, 15) is 8.42 Å². The van der Waals surface area contributed by atoms with Gasteiger partial charge in [-0.15, -0.1) is 0 Å². The van der Waals surface area contributed by atoms with Crippen LogP contribution in [0.2, 0.25) is 0 Å². The van der Waals surface area contributed by atoms with Crippen molar-refractivity contribution >= 4 is 26.0 Å². The second kappa shape index (κ2) is 5.06. The first-order chi connectivity index (χ1) is 8.05. The van der Waals surface area contributed by atoms with E-state index in [1.54, 1.807) is 18.2 Å². The molecule has 2 rings (SSSR count). The van der Waals surface area contributed by atoms with Crippen LogP contribution in [0.4, 0.5) is 0 Å². The van der Waals surface area contributed by atoms with Gasteiger partial charge >= 0.3 is 0 Å². The predicted octanol–water partition coefficient (Wildman–Crippen LogP) is 1.56. The molecule has 4 nitrogen and oxygen atoms in total. The number of rotatable bonds is 3. The third kappa shape index (κ3) is 2.54. The van der Waals surface area contributed by atoms with Crippen molar-refractivity contribution in [2.24, 2.45) is 5.73 Å². The Morgan fingerprint density at radius 3 is 2.88 bits per heavy atom. The standard InChI is InChI=1S/C11H15BrN2O2S/c12-9-3-1-5-11(7-9)17(15,16)14-6-2-4-10(14)8-13/h1,3,5,7,10H,2,4,6,8,13H2/t10-/m0/s1. The van der Waals surface area contributed by atoms with Gasteiger partial charge in [-0.2, -0.15) is 4.31 Å². The molecule has 1 aromatic rings. The highest BCUT2D eigenvalue weighted by Gasteiger charge is 2.34. The second-order valence-corrected chi connectivity index (χ2v) is 6.91. The van der Waals surface area contributed by atoms with Crippen LogP contribution in [0.5, 0.6) is 0 Å². The fourth-order valence-corrected chi connectivity index (χ4v) is 4.43. The normalized spacial score (nSPS) is 21.9.